The van der Waals surface area contributed by atoms with Crippen molar-refractivity contribution in [1.29, 1.82) is 0 Å². The van der Waals surface area contributed by atoms with Gasteiger partial charge in [0.1, 0.15) is 0 Å². The highest BCUT2D eigenvalue weighted by molar-refractivity contribution is 6.34. The lowest BCUT2D eigenvalue weighted by atomic mass is 10.1. The van der Waals surface area contributed by atoms with Gasteiger partial charge in [0, 0.05) is 5.56 Å². The number of hydrogen-bond acceptors (Lipinski definition) is 1. The predicted octanol–water partition coefficient (Wildman–Crippen LogP) is 4.17. The van der Waals surface area contributed by atoms with Crippen molar-refractivity contribution in [2.24, 2.45) is 0 Å². The summed E-state index contributed by atoms with van der Waals surface area (Å²) in [5, 5.41) is -1.31. The molecule has 0 saturated carbocycles. The molecule has 0 bridgehead atoms. The van der Waals surface area contributed by atoms with Gasteiger partial charge in [0.05, 0.1) is 16.0 Å². The molecule has 0 aliphatic carbocycles. The second-order valence-electron chi connectivity index (χ2n) is 3.17. The number of benzene rings is 1. The zero-order valence-corrected chi connectivity index (χ0v) is 9.62. The van der Waals surface area contributed by atoms with E-state index in [1.165, 1.54) is 13.0 Å². The molecule has 0 fully saturated rings. The molecule has 0 aliphatic rings. The Hall–Kier alpha value is -0.740. The van der Waals surface area contributed by atoms with Gasteiger partial charge in [0.25, 0.3) is 0 Å². The molecule has 16 heavy (non-hydrogen) atoms. The van der Waals surface area contributed by atoms with E-state index in [2.05, 4.69) is 0 Å². The van der Waals surface area contributed by atoms with Crippen molar-refractivity contribution in [3.63, 3.8) is 0 Å². The molecule has 1 unspecified atom stereocenters. The predicted molar refractivity (Wildman–Crippen MR) is 56.1 cm³/mol. The Morgan fingerprint density at radius 3 is 2.38 bits per heavy atom. The third-order valence-electron chi connectivity index (χ3n) is 1.92. The van der Waals surface area contributed by atoms with Crippen molar-refractivity contribution < 1.29 is 18.0 Å². The minimum atomic E-state index is -4.58. The van der Waals surface area contributed by atoms with Crippen molar-refractivity contribution in [3.8, 4) is 0 Å². The molecular weight excluding hydrogens is 264 g/mol. The fourth-order valence-electron chi connectivity index (χ4n) is 1.13. The number of ketones is 1. The molecule has 0 spiro atoms. The molecule has 6 heteroatoms. The van der Waals surface area contributed by atoms with E-state index in [9.17, 15) is 18.0 Å². The van der Waals surface area contributed by atoms with Crippen LogP contribution in [0.2, 0.25) is 5.02 Å². The summed E-state index contributed by atoms with van der Waals surface area (Å²) in [4.78, 5) is 11.4. The SMILES string of the molecule is CC(Cl)C(=O)c1ccc(Cl)c(C(F)(F)F)c1. The van der Waals surface area contributed by atoms with E-state index in [-0.39, 0.29) is 5.56 Å². The molecule has 1 aromatic rings. The van der Waals surface area contributed by atoms with Crippen molar-refractivity contribution in [3.05, 3.63) is 34.3 Å². The average molecular weight is 271 g/mol. The van der Waals surface area contributed by atoms with Crippen LogP contribution >= 0.6 is 23.2 Å². The third kappa shape index (κ3) is 2.89. The van der Waals surface area contributed by atoms with E-state index in [4.69, 9.17) is 23.2 Å². The van der Waals surface area contributed by atoms with Gasteiger partial charge in [-0.05, 0) is 25.1 Å². The fraction of sp³-hybridized carbons (Fsp3) is 0.300. The molecule has 1 rings (SSSR count). The Morgan fingerprint density at radius 1 is 1.38 bits per heavy atom. The smallest absolute Gasteiger partial charge is 0.293 e. The summed E-state index contributed by atoms with van der Waals surface area (Å²) >= 11 is 10.9. The standard InChI is InChI=1S/C10H7Cl2F3O/c1-5(11)9(16)6-2-3-8(12)7(4-6)10(13,14)15/h2-5H,1H3. The number of hydrogen-bond donors (Lipinski definition) is 0. The molecule has 0 amide bonds. The molecule has 0 N–H and O–H groups in total. The number of Topliss-reactive ketones (excluding diaryl/α,β-unsaturated/α-hetero) is 1. The first-order chi connectivity index (χ1) is 7.23. The zero-order valence-electron chi connectivity index (χ0n) is 8.11. The quantitative estimate of drug-likeness (QED) is 0.582. The highest BCUT2D eigenvalue weighted by Crippen LogP contribution is 2.35. The molecule has 0 aliphatic heterocycles. The maximum absolute atomic E-state index is 12.5. The molecule has 1 aromatic carbocycles. The molecule has 0 aromatic heterocycles. The molecule has 0 heterocycles. The maximum atomic E-state index is 12.5. The first-order valence-electron chi connectivity index (χ1n) is 4.28. The number of alkyl halides is 4. The summed E-state index contributed by atoms with van der Waals surface area (Å²) in [5.74, 6) is -0.566. The molecule has 0 saturated heterocycles. The van der Waals surface area contributed by atoms with Gasteiger partial charge in [0.15, 0.2) is 5.78 Å². The first kappa shape index (κ1) is 13.3. The first-order valence-corrected chi connectivity index (χ1v) is 5.10. The van der Waals surface area contributed by atoms with Crippen LogP contribution in [0.1, 0.15) is 22.8 Å². The second kappa shape index (κ2) is 4.63. The Labute approximate surface area is 100 Å². The summed E-state index contributed by atoms with van der Waals surface area (Å²) in [7, 11) is 0. The topological polar surface area (TPSA) is 17.1 Å². The highest BCUT2D eigenvalue weighted by Gasteiger charge is 2.34. The van der Waals surface area contributed by atoms with Crippen LogP contribution < -0.4 is 0 Å². The van der Waals surface area contributed by atoms with Gasteiger partial charge >= 0.3 is 6.18 Å². The number of carbonyl (C=O) groups excluding carboxylic acids is 1. The molecule has 1 nitrogen and oxygen atoms in total. The Balaban J connectivity index is 3.23. The van der Waals surface area contributed by atoms with Gasteiger partial charge in [-0.25, -0.2) is 0 Å². The van der Waals surface area contributed by atoms with E-state index in [0.29, 0.717) is 6.07 Å². The van der Waals surface area contributed by atoms with E-state index >= 15 is 0 Å². The van der Waals surface area contributed by atoms with Gasteiger partial charge < -0.3 is 0 Å². The van der Waals surface area contributed by atoms with Crippen LogP contribution in [0.5, 0.6) is 0 Å². The summed E-state index contributed by atoms with van der Waals surface area (Å²) in [6.45, 7) is 1.39. The molecule has 0 radical (unpaired) electrons. The van der Waals surface area contributed by atoms with E-state index in [1.54, 1.807) is 0 Å². The summed E-state index contributed by atoms with van der Waals surface area (Å²) in [6.07, 6.45) is -4.58. The number of carbonyl (C=O) groups is 1. The maximum Gasteiger partial charge on any atom is 0.417 e. The highest BCUT2D eigenvalue weighted by atomic mass is 35.5. The molecule has 88 valence electrons. The van der Waals surface area contributed by atoms with E-state index in [1.807, 2.05) is 0 Å². The number of halogens is 5. The molecule has 1 atom stereocenters. The van der Waals surface area contributed by atoms with Gasteiger partial charge in [-0.15, -0.1) is 11.6 Å². The van der Waals surface area contributed by atoms with E-state index < -0.39 is 27.9 Å². The summed E-state index contributed by atoms with van der Waals surface area (Å²) in [5.41, 5.74) is -1.13. The van der Waals surface area contributed by atoms with Gasteiger partial charge in [-0.1, -0.05) is 11.6 Å². The minimum Gasteiger partial charge on any atom is -0.293 e. The van der Waals surface area contributed by atoms with Gasteiger partial charge in [-0.2, -0.15) is 13.2 Å². The number of rotatable bonds is 2. The van der Waals surface area contributed by atoms with Crippen LogP contribution in [0.25, 0.3) is 0 Å². The summed E-state index contributed by atoms with van der Waals surface area (Å²) in [6, 6.07) is 2.97. The van der Waals surface area contributed by atoms with Crippen molar-refractivity contribution in [2.75, 3.05) is 0 Å². The normalized spacial score (nSPS) is 13.6. The lowest BCUT2D eigenvalue weighted by molar-refractivity contribution is -0.137. The van der Waals surface area contributed by atoms with Crippen LogP contribution in [0.4, 0.5) is 13.2 Å². The monoisotopic (exact) mass is 270 g/mol. The Kier molecular flexibility index (Phi) is 3.86. The second-order valence-corrected chi connectivity index (χ2v) is 4.23. The van der Waals surface area contributed by atoms with Gasteiger partial charge in [-0.3, -0.25) is 4.79 Å². The average Bonchev–Trinajstić information content (AvgIpc) is 2.15. The van der Waals surface area contributed by atoms with Crippen LogP contribution in [0, 0.1) is 0 Å². The third-order valence-corrected chi connectivity index (χ3v) is 2.45. The summed E-state index contributed by atoms with van der Waals surface area (Å²) < 4.78 is 37.4. The van der Waals surface area contributed by atoms with Crippen molar-refractivity contribution >= 4 is 29.0 Å². The van der Waals surface area contributed by atoms with Crippen LogP contribution in [-0.2, 0) is 6.18 Å². The van der Waals surface area contributed by atoms with Crippen LogP contribution in [0.3, 0.4) is 0 Å². The lowest BCUT2D eigenvalue weighted by Gasteiger charge is -2.10. The van der Waals surface area contributed by atoms with Crippen molar-refractivity contribution in [1.82, 2.24) is 0 Å². The van der Waals surface area contributed by atoms with E-state index in [0.717, 1.165) is 6.07 Å². The lowest BCUT2D eigenvalue weighted by Crippen LogP contribution is -2.13. The Morgan fingerprint density at radius 2 is 1.94 bits per heavy atom. The van der Waals surface area contributed by atoms with Crippen LogP contribution in [-0.4, -0.2) is 11.2 Å². The fourth-order valence-corrected chi connectivity index (χ4v) is 1.48. The van der Waals surface area contributed by atoms with Crippen molar-refractivity contribution in [2.45, 2.75) is 18.5 Å². The minimum absolute atomic E-state index is 0.0979. The largest absolute Gasteiger partial charge is 0.417 e. The van der Waals surface area contributed by atoms with Gasteiger partial charge in [0.2, 0.25) is 0 Å². The zero-order chi connectivity index (χ0) is 12.5. The molecular formula is C10H7Cl2F3O. The Bertz CT molecular complexity index is 413. The van der Waals surface area contributed by atoms with Crippen LogP contribution in [0.15, 0.2) is 18.2 Å².